The van der Waals surface area contributed by atoms with Crippen LogP contribution in [0, 0.1) is 0 Å². The predicted octanol–water partition coefficient (Wildman–Crippen LogP) is -0.569. The van der Waals surface area contributed by atoms with E-state index in [-0.39, 0.29) is 0 Å². The molecule has 0 unspecified atom stereocenters. The van der Waals surface area contributed by atoms with Gasteiger partial charge in [0.25, 0.3) is 0 Å². The van der Waals surface area contributed by atoms with Gasteiger partial charge in [0, 0.05) is 12.9 Å². The molecule has 0 fully saturated rings. The molecule has 36 valence electrons. The molecule has 0 atom stereocenters. The molecule has 0 heterocycles. The molecule has 0 saturated carbocycles. The van der Waals surface area contributed by atoms with E-state index in [1.165, 1.54) is 0 Å². The summed E-state index contributed by atoms with van der Waals surface area (Å²) in [6.07, 6.45) is -0.765. The molecule has 3 N–H and O–H groups in total. The zero-order valence-electron chi connectivity index (χ0n) is 2.84. The monoisotopic (exact) mass is 108 g/mol. The lowest BCUT2D eigenvalue weighted by atomic mass is 11.3. The molecular formula is CH4N2O2S. The van der Waals surface area contributed by atoms with Gasteiger partial charge in [0.05, 0.1) is 0 Å². The van der Waals surface area contributed by atoms with Crippen LogP contribution in [0.5, 0.6) is 0 Å². The number of nitrogens with one attached hydrogen (secondary N) is 1. The highest BCUT2D eigenvalue weighted by atomic mass is 32.1. The lowest BCUT2D eigenvalue weighted by Crippen LogP contribution is -2.28. The lowest BCUT2D eigenvalue weighted by Gasteiger charge is -1.88. The van der Waals surface area contributed by atoms with Gasteiger partial charge in [-0.2, -0.15) is 0 Å². The summed E-state index contributed by atoms with van der Waals surface area (Å²) in [5.41, 5.74) is 1.68. The van der Waals surface area contributed by atoms with Crippen LogP contribution < -0.4 is 11.3 Å². The van der Waals surface area contributed by atoms with E-state index >= 15 is 0 Å². The van der Waals surface area contributed by atoms with E-state index in [9.17, 15) is 4.79 Å². The summed E-state index contributed by atoms with van der Waals surface area (Å²) in [7, 11) is 0. The molecule has 6 heavy (non-hydrogen) atoms. The molecule has 0 aromatic carbocycles. The number of nitrogens with two attached hydrogens (primary N) is 1. The van der Waals surface area contributed by atoms with Crippen molar-refractivity contribution in [2.75, 3.05) is 0 Å². The molecule has 4 nitrogen and oxygen atoms in total. The van der Waals surface area contributed by atoms with Crippen molar-refractivity contribution in [1.82, 2.24) is 5.43 Å². The molecule has 0 saturated heterocycles. The first kappa shape index (κ1) is 5.58. The smallest absolute Gasteiger partial charge is 0.377 e. The Hall–Kier alpha value is -0.420. The molecule has 1 amide bonds. The minimum atomic E-state index is -0.765. The summed E-state index contributed by atoms with van der Waals surface area (Å²) in [6.45, 7) is 0. The second-order valence-corrected chi connectivity index (χ2v) is 0.706. The second-order valence-electron chi connectivity index (χ2n) is 0.523. The lowest BCUT2D eigenvalue weighted by molar-refractivity contribution is 0.209. The summed E-state index contributed by atoms with van der Waals surface area (Å²) in [4.78, 5) is 9.65. The molecule has 0 aliphatic heterocycles. The normalized spacial score (nSPS) is 7.00. The third-order valence-electron chi connectivity index (χ3n) is 0.201. The number of hydrazine groups is 1. The van der Waals surface area contributed by atoms with Gasteiger partial charge in [0.1, 0.15) is 0 Å². The van der Waals surface area contributed by atoms with Crippen molar-refractivity contribution in [3.05, 3.63) is 0 Å². The summed E-state index contributed by atoms with van der Waals surface area (Å²) < 4.78 is 3.72. The van der Waals surface area contributed by atoms with Gasteiger partial charge in [0.15, 0.2) is 0 Å². The topological polar surface area (TPSA) is 64.3 Å². The van der Waals surface area contributed by atoms with Crippen LogP contribution in [0.2, 0.25) is 0 Å². The summed E-state index contributed by atoms with van der Waals surface area (Å²) in [5, 5.41) is 0. The van der Waals surface area contributed by atoms with Crippen LogP contribution >= 0.6 is 12.9 Å². The van der Waals surface area contributed by atoms with E-state index in [4.69, 9.17) is 0 Å². The van der Waals surface area contributed by atoms with Crippen LogP contribution in [0.4, 0.5) is 4.79 Å². The fourth-order valence-corrected chi connectivity index (χ4v) is 0.0791. The minimum absolute atomic E-state index is 0.765. The number of rotatable bonds is 0. The van der Waals surface area contributed by atoms with Crippen molar-refractivity contribution in [1.29, 1.82) is 0 Å². The fraction of sp³-hybridized carbons (Fsp3) is 0. The Morgan fingerprint density at radius 2 is 2.50 bits per heavy atom. The quantitative estimate of drug-likeness (QED) is 0.128. The van der Waals surface area contributed by atoms with Gasteiger partial charge in [0.2, 0.25) is 0 Å². The van der Waals surface area contributed by atoms with E-state index < -0.39 is 6.09 Å². The second kappa shape index (κ2) is 2.80. The van der Waals surface area contributed by atoms with Gasteiger partial charge >= 0.3 is 6.09 Å². The molecule has 0 aromatic rings. The Morgan fingerprint density at radius 1 is 2.00 bits per heavy atom. The van der Waals surface area contributed by atoms with Crippen LogP contribution in [0.3, 0.4) is 0 Å². The van der Waals surface area contributed by atoms with Crippen molar-refractivity contribution in [2.45, 2.75) is 0 Å². The predicted molar refractivity (Wildman–Crippen MR) is 22.8 cm³/mol. The number of thiol groups is 1. The third kappa shape index (κ3) is 1.86. The third-order valence-corrected chi connectivity index (χ3v) is 0.367. The van der Waals surface area contributed by atoms with Crippen LogP contribution in [0.1, 0.15) is 0 Å². The number of carbonyl (C=O) groups excluding carboxylic acids is 1. The summed E-state index contributed by atoms with van der Waals surface area (Å²) >= 11 is 3.10. The largest absolute Gasteiger partial charge is 0.433 e. The van der Waals surface area contributed by atoms with Crippen LogP contribution in [0.15, 0.2) is 0 Å². The summed E-state index contributed by atoms with van der Waals surface area (Å²) in [5.74, 6) is 4.51. The highest BCUT2D eigenvalue weighted by Crippen LogP contribution is 1.74. The van der Waals surface area contributed by atoms with E-state index in [1.807, 2.05) is 0 Å². The van der Waals surface area contributed by atoms with Gasteiger partial charge in [-0.3, -0.25) is 5.43 Å². The van der Waals surface area contributed by atoms with Gasteiger partial charge in [-0.15, -0.1) is 0 Å². The van der Waals surface area contributed by atoms with Crippen LogP contribution in [-0.2, 0) is 4.18 Å². The highest BCUT2D eigenvalue weighted by molar-refractivity contribution is 7.75. The maximum atomic E-state index is 9.65. The van der Waals surface area contributed by atoms with Gasteiger partial charge in [-0.25, -0.2) is 10.6 Å². The number of carbonyl (C=O) groups is 1. The number of hydrogen-bond acceptors (Lipinski definition) is 4. The van der Waals surface area contributed by atoms with E-state index in [1.54, 1.807) is 5.43 Å². The first-order valence-electron chi connectivity index (χ1n) is 1.13. The van der Waals surface area contributed by atoms with Gasteiger partial charge in [-0.1, -0.05) is 0 Å². The minimum Gasteiger partial charge on any atom is -0.377 e. The first-order chi connectivity index (χ1) is 2.81. The SMILES string of the molecule is NNC(=O)OS. The molecule has 0 aromatic heterocycles. The first-order valence-corrected chi connectivity index (χ1v) is 1.49. The Bertz CT molecular complexity index is 49.5. The van der Waals surface area contributed by atoms with E-state index in [0.29, 0.717) is 0 Å². The molecule has 0 rings (SSSR count). The van der Waals surface area contributed by atoms with Gasteiger partial charge in [-0.05, 0) is 0 Å². The molecule has 0 aliphatic carbocycles. The zero-order chi connectivity index (χ0) is 4.99. The summed E-state index contributed by atoms with van der Waals surface area (Å²) in [6, 6.07) is 0. The Kier molecular flexibility index (Phi) is 2.60. The van der Waals surface area contributed by atoms with E-state index in [2.05, 4.69) is 22.9 Å². The zero-order valence-corrected chi connectivity index (χ0v) is 3.74. The van der Waals surface area contributed by atoms with Crippen LogP contribution in [-0.4, -0.2) is 6.09 Å². The molecule has 0 bridgehead atoms. The molecule has 0 spiro atoms. The van der Waals surface area contributed by atoms with Crippen molar-refractivity contribution in [3.8, 4) is 0 Å². The van der Waals surface area contributed by atoms with Crippen LogP contribution in [0.25, 0.3) is 0 Å². The van der Waals surface area contributed by atoms with Crippen molar-refractivity contribution < 1.29 is 8.98 Å². The maximum absolute atomic E-state index is 9.65. The Balaban J connectivity index is 2.99. The highest BCUT2D eigenvalue weighted by Gasteiger charge is 1.87. The fourth-order valence-electron chi connectivity index (χ4n) is 0.0264. The van der Waals surface area contributed by atoms with Crippen molar-refractivity contribution in [2.24, 2.45) is 5.84 Å². The molecule has 0 aliphatic rings. The Morgan fingerprint density at radius 3 is 2.50 bits per heavy atom. The standard InChI is InChI=1S/CH4N2O2S/c2-3-1(4)5-6/h6H,2H2,(H,3,4). The molecule has 0 radical (unpaired) electrons. The average molecular weight is 108 g/mol. The van der Waals surface area contributed by atoms with E-state index in [0.717, 1.165) is 0 Å². The molecule has 5 heteroatoms. The maximum Gasteiger partial charge on any atom is 0.433 e. The molecular weight excluding hydrogens is 104 g/mol. The Labute approximate surface area is 40.2 Å². The van der Waals surface area contributed by atoms with Crippen molar-refractivity contribution >= 4 is 19.0 Å². The number of hydrogen-bond donors (Lipinski definition) is 3. The van der Waals surface area contributed by atoms with Gasteiger partial charge < -0.3 is 4.18 Å². The number of amides is 1. The van der Waals surface area contributed by atoms with Crippen molar-refractivity contribution in [3.63, 3.8) is 0 Å². The average Bonchev–Trinajstić information content (AvgIpc) is 1.65.